The third-order valence-electron chi connectivity index (χ3n) is 7.22. The van der Waals surface area contributed by atoms with Gasteiger partial charge in [0.2, 0.25) is 5.91 Å². The average molecular weight is 362 g/mol. The van der Waals surface area contributed by atoms with Crippen LogP contribution in [0, 0.1) is 29.1 Å². The van der Waals surface area contributed by atoms with E-state index in [1.165, 1.54) is 19.3 Å². The highest BCUT2D eigenvalue weighted by atomic mass is 16.5. The van der Waals surface area contributed by atoms with Crippen molar-refractivity contribution in [3.8, 4) is 0 Å². The van der Waals surface area contributed by atoms with Gasteiger partial charge in [0, 0.05) is 13.1 Å². The number of nitrogens with zero attached hydrogens (tertiary/aromatic N) is 1. The molecule has 5 aliphatic rings. The number of primary amides is 1. The molecule has 144 valence electrons. The molecule has 5 fully saturated rings. The van der Waals surface area contributed by atoms with Crippen molar-refractivity contribution in [1.82, 2.24) is 4.90 Å². The lowest BCUT2D eigenvalue weighted by atomic mass is 9.49. The van der Waals surface area contributed by atoms with E-state index in [1.54, 1.807) is 4.90 Å². The summed E-state index contributed by atoms with van der Waals surface area (Å²) in [7, 11) is 0. The number of carbonyl (C=O) groups excluding carboxylic acids is 3. The Morgan fingerprint density at radius 2 is 1.65 bits per heavy atom. The maximum Gasteiger partial charge on any atom is 0.306 e. The number of ether oxygens (including phenoxy) is 1. The molecule has 4 saturated carbocycles. The lowest BCUT2D eigenvalue weighted by molar-refractivity contribution is -0.158. The van der Waals surface area contributed by atoms with Crippen LogP contribution in [0.4, 0.5) is 0 Å². The van der Waals surface area contributed by atoms with Crippen LogP contribution in [0.5, 0.6) is 0 Å². The number of hydrogen-bond donors (Lipinski definition) is 1. The average Bonchev–Trinajstić information content (AvgIpc) is 2.58. The van der Waals surface area contributed by atoms with Crippen molar-refractivity contribution in [3.63, 3.8) is 0 Å². The van der Waals surface area contributed by atoms with E-state index in [1.807, 2.05) is 0 Å². The zero-order valence-corrected chi connectivity index (χ0v) is 15.5. The van der Waals surface area contributed by atoms with E-state index in [2.05, 4.69) is 0 Å². The molecule has 1 saturated heterocycles. The molecular formula is C20H30N2O4. The summed E-state index contributed by atoms with van der Waals surface area (Å²) in [5, 5.41) is 0. The minimum Gasteiger partial charge on any atom is -0.456 e. The van der Waals surface area contributed by atoms with Gasteiger partial charge in [-0.2, -0.15) is 0 Å². The van der Waals surface area contributed by atoms with Crippen molar-refractivity contribution in [2.24, 2.45) is 34.8 Å². The topological polar surface area (TPSA) is 89.7 Å². The summed E-state index contributed by atoms with van der Waals surface area (Å²) in [6, 6.07) is 0. The molecule has 6 nitrogen and oxygen atoms in total. The maximum absolute atomic E-state index is 12.4. The van der Waals surface area contributed by atoms with E-state index in [0.717, 1.165) is 49.9 Å². The van der Waals surface area contributed by atoms with Gasteiger partial charge in [0.25, 0.3) is 5.91 Å². The van der Waals surface area contributed by atoms with Crippen molar-refractivity contribution < 1.29 is 19.1 Å². The summed E-state index contributed by atoms with van der Waals surface area (Å²) in [5.41, 5.74) is 5.49. The molecule has 1 heterocycles. The van der Waals surface area contributed by atoms with Crippen LogP contribution in [0.2, 0.25) is 0 Å². The molecule has 4 bridgehead atoms. The lowest BCUT2D eigenvalue weighted by Gasteiger charge is -2.56. The van der Waals surface area contributed by atoms with Crippen LogP contribution in [0.1, 0.15) is 57.8 Å². The number of nitrogens with two attached hydrogens (primary N) is 1. The Kier molecular flexibility index (Phi) is 4.70. The first kappa shape index (κ1) is 17.8. The van der Waals surface area contributed by atoms with E-state index >= 15 is 0 Å². The number of likely N-dealkylation sites (tertiary alicyclic amines) is 1. The largest absolute Gasteiger partial charge is 0.456 e. The standard InChI is InChI=1S/C20H30N2O4/c21-19(25)16-2-1-3-22(11-16)17(23)12-26-18(24)10-20-7-13-4-14(8-20)6-15(5-13)9-20/h13-16H,1-12H2,(H2,21,25)/t13?,14?,15?,16-,20?/m1/s1. The van der Waals surface area contributed by atoms with E-state index in [9.17, 15) is 14.4 Å². The molecule has 0 radical (unpaired) electrons. The molecule has 1 aliphatic heterocycles. The number of amides is 2. The highest BCUT2D eigenvalue weighted by Crippen LogP contribution is 2.61. The van der Waals surface area contributed by atoms with Crippen molar-refractivity contribution in [3.05, 3.63) is 0 Å². The Morgan fingerprint density at radius 1 is 1.04 bits per heavy atom. The minimum absolute atomic E-state index is 0.136. The number of hydrogen-bond acceptors (Lipinski definition) is 4. The van der Waals surface area contributed by atoms with Crippen LogP contribution in [0.3, 0.4) is 0 Å². The van der Waals surface area contributed by atoms with Gasteiger partial charge >= 0.3 is 5.97 Å². The summed E-state index contributed by atoms with van der Waals surface area (Å²) in [6.07, 6.45) is 9.49. The third-order valence-corrected chi connectivity index (χ3v) is 7.22. The zero-order valence-electron chi connectivity index (χ0n) is 15.5. The second-order valence-corrected chi connectivity index (χ2v) is 9.34. The van der Waals surface area contributed by atoms with E-state index < -0.39 is 0 Å². The Hall–Kier alpha value is -1.59. The monoisotopic (exact) mass is 362 g/mol. The molecule has 2 N–H and O–H groups in total. The quantitative estimate of drug-likeness (QED) is 0.756. The van der Waals surface area contributed by atoms with Gasteiger partial charge in [0.05, 0.1) is 12.3 Å². The van der Waals surface area contributed by atoms with Gasteiger partial charge in [-0.1, -0.05) is 0 Å². The van der Waals surface area contributed by atoms with Crippen molar-refractivity contribution in [2.75, 3.05) is 19.7 Å². The molecule has 4 aliphatic carbocycles. The molecular weight excluding hydrogens is 332 g/mol. The highest BCUT2D eigenvalue weighted by Gasteiger charge is 2.51. The molecule has 6 heteroatoms. The molecule has 0 unspecified atom stereocenters. The van der Waals surface area contributed by atoms with E-state index in [-0.39, 0.29) is 35.7 Å². The third kappa shape index (κ3) is 3.60. The summed E-state index contributed by atoms with van der Waals surface area (Å²) in [5.74, 6) is 1.31. The Bertz CT molecular complexity index is 567. The second kappa shape index (κ2) is 6.86. The predicted molar refractivity (Wildman–Crippen MR) is 94.7 cm³/mol. The fourth-order valence-electron chi connectivity index (χ4n) is 6.53. The minimum atomic E-state index is -0.360. The van der Waals surface area contributed by atoms with Gasteiger partial charge in [-0.3, -0.25) is 14.4 Å². The Balaban J connectivity index is 1.26. The summed E-state index contributed by atoms with van der Waals surface area (Å²) >= 11 is 0. The van der Waals surface area contributed by atoms with Crippen LogP contribution in [-0.2, 0) is 19.1 Å². The van der Waals surface area contributed by atoms with Crippen LogP contribution in [0.25, 0.3) is 0 Å². The molecule has 5 rings (SSSR count). The summed E-state index contributed by atoms with van der Waals surface area (Å²) in [4.78, 5) is 37.7. The smallest absolute Gasteiger partial charge is 0.306 e. The first-order valence-corrected chi connectivity index (χ1v) is 10.2. The van der Waals surface area contributed by atoms with Gasteiger partial charge in [0.15, 0.2) is 6.61 Å². The van der Waals surface area contributed by atoms with Crippen molar-refractivity contribution in [2.45, 2.75) is 57.8 Å². The fraction of sp³-hybridized carbons (Fsp3) is 0.850. The number of rotatable bonds is 5. The Labute approximate surface area is 154 Å². The van der Waals surface area contributed by atoms with E-state index in [4.69, 9.17) is 10.5 Å². The summed E-state index contributed by atoms with van der Waals surface area (Å²) in [6.45, 7) is 0.743. The van der Waals surface area contributed by atoms with Gasteiger partial charge < -0.3 is 15.4 Å². The SMILES string of the molecule is NC(=O)[C@@H]1CCCN(C(=O)COC(=O)CC23CC4CC(CC(C4)C2)C3)C1. The van der Waals surface area contributed by atoms with Crippen LogP contribution in [-0.4, -0.2) is 42.4 Å². The summed E-state index contributed by atoms with van der Waals surface area (Å²) < 4.78 is 5.35. The first-order chi connectivity index (χ1) is 12.4. The lowest BCUT2D eigenvalue weighted by Crippen LogP contribution is -2.47. The molecule has 2 amide bonds. The highest BCUT2D eigenvalue weighted by molar-refractivity contribution is 5.82. The number of piperidine rings is 1. The molecule has 0 aromatic heterocycles. The normalized spacial score (nSPS) is 38.2. The second-order valence-electron chi connectivity index (χ2n) is 9.34. The van der Waals surface area contributed by atoms with Gasteiger partial charge in [-0.15, -0.1) is 0 Å². The maximum atomic E-state index is 12.4. The van der Waals surface area contributed by atoms with Gasteiger partial charge in [0.1, 0.15) is 0 Å². The van der Waals surface area contributed by atoms with Gasteiger partial charge in [-0.25, -0.2) is 0 Å². The predicted octanol–water partition coefficient (Wildman–Crippen LogP) is 1.86. The molecule has 0 aromatic rings. The van der Waals surface area contributed by atoms with Crippen LogP contribution < -0.4 is 5.73 Å². The fourth-order valence-corrected chi connectivity index (χ4v) is 6.53. The van der Waals surface area contributed by atoms with Crippen molar-refractivity contribution >= 4 is 17.8 Å². The molecule has 0 aromatic carbocycles. The molecule has 0 spiro atoms. The van der Waals surface area contributed by atoms with Crippen molar-refractivity contribution in [1.29, 1.82) is 0 Å². The van der Waals surface area contributed by atoms with E-state index in [0.29, 0.717) is 19.5 Å². The van der Waals surface area contributed by atoms with Gasteiger partial charge in [-0.05, 0) is 74.5 Å². The first-order valence-electron chi connectivity index (χ1n) is 10.2. The molecule has 26 heavy (non-hydrogen) atoms. The van der Waals surface area contributed by atoms with Crippen LogP contribution in [0.15, 0.2) is 0 Å². The number of carbonyl (C=O) groups is 3. The molecule has 1 atom stereocenters. The zero-order chi connectivity index (χ0) is 18.3. The Morgan fingerprint density at radius 3 is 2.23 bits per heavy atom. The number of esters is 1. The van der Waals surface area contributed by atoms with Crippen LogP contribution >= 0.6 is 0 Å².